The zero-order valence-corrected chi connectivity index (χ0v) is 9.51. The highest BCUT2D eigenvalue weighted by Gasteiger charge is 2.24. The molecule has 0 bridgehead atoms. The van der Waals surface area contributed by atoms with Gasteiger partial charge in [0.2, 0.25) is 0 Å². The van der Waals surface area contributed by atoms with E-state index in [1.807, 2.05) is 13.8 Å². The van der Waals surface area contributed by atoms with Crippen LogP contribution >= 0.6 is 0 Å². The van der Waals surface area contributed by atoms with Crippen molar-refractivity contribution in [3.05, 3.63) is 29.6 Å². The number of hydrogen-bond acceptors (Lipinski definition) is 2. The quantitative estimate of drug-likeness (QED) is 0.830. The molecule has 1 rings (SSSR count). The minimum atomic E-state index is -0.240. The Morgan fingerprint density at radius 3 is 2.60 bits per heavy atom. The first-order valence-electron chi connectivity index (χ1n) is 5.05. The van der Waals surface area contributed by atoms with Gasteiger partial charge in [-0.05, 0) is 36.6 Å². The largest absolute Gasteiger partial charge is 0.496 e. The fourth-order valence-electron chi connectivity index (χ4n) is 1.70. The van der Waals surface area contributed by atoms with Crippen LogP contribution in [0.15, 0.2) is 18.2 Å². The average molecular weight is 211 g/mol. The van der Waals surface area contributed by atoms with E-state index in [0.29, 0.717) is 6.54 Å². The van der Waals surface area contributed by atoms with Gasteiger partial charge in [-0.2, -0.15) is 0 Å². The third-order valence-electron chi connectivity index (χ3n) is 2.66. The summed E-state index contributed by atoms with van der Waals surface area (Å²) in [6.45, 7) is 4.65. The van der Waals surface area contributed by atoms with Crippen molar-refractivity contribution in [3.8, 4) is 5.75 Å². The lowest BCUT2D eigenvalue weighted by Gasteiger charge is -2.26. The van der Waals surface area contributed by atoms with Crippen molar-refractivity contribution in [3.63, 3.8) is 0 Å². The van der Waals surface area contributed by atoms with Gasteiger partial charge < -0.3 is 10.5 Å². The van der Waals surface area contributed by atoms with Gasteiger partial charge >= 0.3 is 0 Å². The van der Waals surface area contributed by atoms with Gasteiger partial charge in [0.15, 0.2) is 0 Å². The summed E-state index contributed by atoms with van der Waals surface area (Å²) in [4.78, 5) is 0. The maximum absolute atomic E-state index is 13.2. The van der Waals surface area contributed by atoms with E-state index in [1.165, 1.54) is 12.1 Å². The van der Waals surface area contributed by atoms with Gasteiger partial charge in [0.25, 0.3) is 0 Å². The molecule has 1 aromatic rings. The number of hydrogen-bond donors (Lipinski definition) is 1. The van der Waals surface area contributed by atoms with Crippen molar-refractivity contribution in [2.75, 3.05) is 13.7 Å². The maximum atomic E-state index is 13.2. The van der Waals surface area contributed by atoms with Gasteiger partial charge in [0, 0.05) is 5.56 Å². The number of rotatable bonds is 4. The molecular formula is C12H18FNO. The summed E-state index contributed by atoms with van der Waals surface area (Å²) in [5, 5.41) is 0. The van der Waals surface area contributed by atoms with Crippen molar-refractivity contribution in [2.45, 2.75) is 25.7 Å². The van der Waals surface area contributed by atoms with E-state index in [4.69, 9.17) is 10.5 Å². The summed E-state index contributed by atoms with van der Waals surface area (Å²) in [5.74, 6) is 0.478. The summed E-state index contributed by atoms with van der Waals surface area (Å²) >= 11 is 0. The zero-order chi connectivity index (χ0) is 11.5. The average Bonchev–Trinajstić information content (AvgIpc) is 2.17. The summed E-state index contributed by atoms with van der Waals surface area (Å²) in [6, 6.07) is 4.58. The molecule has 0 fully saturated rings. The van der Waals surface area contributed by atoms with E-state index in [0.717, 1.165) is 17.7 Å². The molecule has 0 saturated carbocycles. The summed E-state index contributed by atoms with van der Waals surface area (Å²) < 4.78 is 18.4. The molecule has 0 amide bonds. The lowest BCUT2D eigenvalue weighted by atomic mass is 9.81. The van der Waals surface area contributed by atoms with E-state index in [-0.39, 0.29) is 11.2 Å². The summed E-state index contributed by atoms with van der Waals surface area (Å²) in [6.07, 6.45) is 0.798. The van der Waals surface area contributed by atoms with Crippen LogP contribution in [0.4, 0.5) is 4.39 Å². The molecule has 0 aromatic heterocycles. The number of halogens is 1. The monoisotopic (exact) mass is 211 g/mol. The number of methoxy groups -OCH3 is 1. The van der Waals surface area contributed by atoms with Crippen LogP contribution in [0.2, 0.25) is 0 Å². The van der Waals surface area contributed by atoms with Crippen LogP contribution < -0.4 is 10.5 Å². The van der Waals surface area contributed by atoms with E-state index in [2.05, 4.69) is 0 Å². The molecular weight excluding hydrogens is 193 g/mol. The third-order valence-corrected chi connectivity index (χ3v) is 2.66. The van der Waals surface area contributed by atoms with Gasteiger partial charge in [-0.25, -0.2) is 4.39 Å². The molecule has 0 aliphatic rings. The molecule has 2 N–H and O–H groups in total. The second kappa shape index (κ2) is 4.62. The van der Waals surface area contributed by atoms with Gasteiger partial charge in [-0.3, -0.25) is 0 Å². The third kappa shape index (κ3) is 2.69. The zero-order valence-electron chi connectivity index (χ0n) is 9.51. The van der Waals surface area contributed by atoms with Gasteiger partial charge in [0.1, 0.15) is 11.6 Å². The maximum Gasteiger partial charge on any atom is 0.123 e. The van der Waals surface area contributed by atoms with Crippen LogP contribution in [-0.4, -0.2) is 13.7 Å². The SMILES string of the molecule is COc1ccc(F)cc1C(C)(C)CCN. The first-order chi connectivity index (χ1) is 7.01. The van der Waals surface area contributed by atoms with Crippen LogP contribution in [0, 0.1) is 5.82 Å². The second-order valence-electron chi connectivity index (χ2n) is 4.27. The molecule has 2 nitrogen and oxygen atoms in total. The first kappa shape index (κ1) is 12.0. The van der Waals surface area contributed by atoms with Crippen molar-refractivity contribution >= 4 is 0 Å². The molecule has 0 radical (unpaired) electrons. The Balaban J connectivity index is 3.15. The lowest BCUT2D eigenvalue weighted by molar-refractivity contribution is 0.384. The highest BCUT2D eigenvalue weighted by atomic mass is 19.1. The van der Waals surface area contributed by atoms with E-state index >= 15 is 0 Å². The molecule has 15 heavy (non-hydrogen) atoms. The number of ether oxygens (including phenoxy) is 1. The van der Waals surface area contributed by atoms with Crippen molar-refractivity contribution in [2.24, 2.45) is 5.73 Å². The van der Waals surface area contributed by atoms with Crippen LogP contribution in [-0.2, 0) is 5.41 Å². The number of nitrogens with two attached hydrogens (primary N) is 1. The van der Waals surface area contributed by atoms with E-state index in [9.17, 15) is 4.39 Å². The fraction of sp³-hybridized carbons (Fsp3) is 0.500. The minimum Gasteiger partial charge on any atom is -0.496 e. The molecule has 0 saturated heterocycles. The van der Waals surface area contributed by atoms with Crippen molar-refractivity contribution in [1.82, 2.24) is 0 Å². The molecule has 0 spiro atoms. The standard InChI is InChI=1S/C12H18FNO/c1-12(2,6-7-14)10-8-9(13)4-5-11(10)15-3/h4-5,8H,6-7,14H2,1-3H3. The smallest absolute Gasteiger partial charge is 0.123 e. The Hall–Kier alpha value is -1.09. The van der Waals surface area contributed by atoms with E-state index in [1.54, 1.807) is 13.2 Å². The topological polar surface area (TPSA) is 35.2 Å². The predicted octanol–water partition coefficient (Wildman–Crippen LogP) is 2.46. The molecule has 84 valence electrons. The van der Waals surface area contributed by atoms with Gasteiger partial charge in [-0.1, -0.05) is 13.8 Å². The van der Waals surface area contributed by atoms with Gasteiger partial charge in [0.05, 0.1) is 7.11 Å². The molecule has 0 heterocycles. The molecule has 0 unspecified atom stereocenters. The summed E-state index contributed by atoms with van der Waals surface area (Å²) in [7, 11) is 1.59. The summed E-state index contributed by atoms with van der Waals surface area (Å²) in [5.41, 5.74) is 6.25. The van der Waals surface area contributed by atoms with Crippen molar-refractivity contribution in [1.29, 1.82) is 0 Å². The second-order valence-corrected chi connectivity index (χ2v) is 4.27. The molecule has 0 atom stereocenters. The molecule has 0 aliphatic heterocycles. The lowest BCUT2D eigenvalue weighted by Crippen LogP contribution is -2.22. The van der Waals surface area contributed by atoms with Crippen molar-refractivity contribution < 1.29 is 9.13 Å². The number of benzene rings is 1. The molecule has 3 heteroatoms. The van der Waals surface area contributed by atoms with Crippen LogP contribution in [0.3, 0.4) is 0 Å². The fourth-order valence-corrected chi connectivity index (χ4v) is 1.70. The highest BCUT2D eigenvalue weighted by molar-refractivity contribution is 5.39. The first-order valence-corrected chi connectivity index (χ1v) is 5.05. The Kier molecular flexibility index (Phi) is 3.69. The van der Waals surface area contributed by atoms with E-state index < -0.39 is 0 Å². The van der Waals surface area contributed by atoms with Crippen LogP contribution in [0.1, 0.15) is 25.8 Å². The normalized spacial score (nSPS) is 11.5. The Labute approximate surface area is 90.2 Å². The Morgan fingerprint density at radius 2 is 2.07 bits per heavy atom. The molecule has 1 aromatic carbocycles. The Bertz CT molecular complexity index is 336. The highest BCUT2D eigenvalue weighted by Crippen LogP contribution is 2.34. The van der Waals surface area contributed by atoms with Gasteiger partial charge in [-0.15, -0.1) is 0 Å². The predicted molar refractivity (Wildman–Crippen MR) is 59.6 cm³/mol. The van der Waals surface area contributed by atoms with Crippen LogP contribution in [0.25, 0.3) is 0 Å². The molecule has 0 aliphatic carbocycles. The Morgan fingerprint density at radius 1 is 1.40 bits per heavy atom. The van der Waals surface area contributed by atoms with Crippen LogP contribution in [0.5, 0.6) is 5.75 Å². The minimum absolute atomic E-state index is 0.164.